The summed E-state index contributed by atoms with van der Waals surface area (Å²) < 4.78 is 4.91. The van der Waals surface area contributed by atoms with E-state index in [2.05, 4.69) is 16.8 Å². The molecule has 4 heteroatoms. The van der Waals surface area contributed by atoms with Crippen molar-refractivity contribution in [3.8, 4) is 0 Å². The monoisotopic (exact) mass is 228 g/mol. The molecule has 1 unspecified atom stereocenters. The largest absolute Gasteiger partial charge is 0.469 e. The van der Waals surface area contributed by atoms with Crippen LogP contribution in [0.25, 0.3) is 0 Å². The molecule has 0 spiro atoms. The summed E-state index contributed by atoms with van der Waals surface area (Å²) in [6, 6.07) is 0. The molecule has 0 aromatic carbocycles. The van der Waals surface area contributed by atoms with Crippen molar-refractivity contribution >= 4 is 5.97 Å². The Morgan fingerprint density at radius 2 is 2.00 bits per heavy atom. The molecule has 0 aromatic rings. The fraction of sp³-hybridized carbons (Fsp3) is 0.917. The van der Waals surface area contributed by atoms with Crippen LogP contribution in [-0.4, -0.2) is 63.7 Å². The Morgan fingerprint density at radius 3 is 2.44 bits per heavy atom. The van der Waals surface area contributed by atoms with E-state index in [1.54, 1.807) is 0 Å². The Kier molecular flexibility index (Phi) is 5.22. The van der Waals surface area contributed by atoms with Crippen LogP contribution in [0, 0.1) is 11.8 Å². The number of carbonyl (C=O) groups excluding carboxylic acids is 1. The van der Waals surface area contributed by atoms with E-state index in [-0.39, 0.29) is 11.9 Å². The van der Waals surface area contributed by atoms with Crippen LogP contribution in [0.15, 0.2) is 0 Å². The maximum Gasteiger partial charge on any atom is 0.310 e. The molecule has 4 nitrogen and oxygen atoms in total. The molecule has 1 rings (SSSR count). The highest BCUT2D eigenvalue weighted by molar-refractivity contribution is 5.72. The molecule has 0 aliphatic carbocycles. The number of piperidine rings is 1. The molecule has 1 heterocycles. The van der Waals surface area contributed by atoms with Gasteiger partial charge in [-0.1, -0.05) is 0 Å². The molecular weight excluding hydrogens is 204 g/mol. The van der Waals surface area contributed by atoms with Gasteiger partial charge in [0, 0.05) is 6.54 Å². The summed E-state index contributed by atoms with van der Waals surface area (Å²) in [7, 11) is 7.63. The van der Waals surface area contributed by atoms with Gasteiger partial charge in [0.25, 0.3) is 0 Å². The SMILES string of the molecule is COC(=O)C(CN(C)C)C1CCN(C)CC1. The van der Waals surface area contributed by atoms with E-state index in [9.17, 15) is 4.79 Å². The number of esters is 1. The highest BCUT2D eigenvalue weighted by atomic mass is 16.5. The van der Waals surface area contributed by atoms with E-state index >= 15 is 0 Å². The van der Waals surface area contributed by atoms with Crippen molar-refractivity contribution in [2.45, 2.75) is 12.8 Å². The van der Waals surface area contributed by atoms with Crippen molar-refractivity contribution in [3.05, 3.63) is 0 Å². The van der Waals surface area contributed by atoms with Crippen molar-refractivity contribution in [2.24, 2.45) is 11.8 Å². The Bertz CT molecular complexity index is 223. The van der Waals surface area contributed by atoms with Gasteiger partial charge in [-0.15, -0.1) is 0 Å². The van der Waals surface area contributed by atoms with Gasteiger partial charge in [0.2, 0.25) is 0 Å². The summed E-state index contributed by atoms with van der Waals surface area (Å²) in [5, 5.41) is 0. The number of hydrogen-bond acceptors (Lipinski definition) is 4. The first kappa shape index (κ1) is 13.5. The zero-order valence-corrected chi connectivity index (χ0v) is 10.9. The number of carbonyl (C=O) groups is 1. The van der Waals surface area contributed by atoms with Crippen LogP contribution in [-0.2, 0) is 9.53 Å². The fourth-order valence-corrected chi connectivity index (χ4v) is 2.39. The molecule has 1 aliphatic heterocycles. The lowest BCUT2D eigenvalue weighted by Gasteiger charge is -2.34. The van der Waals surface area contributed by atoms with E-state index in [4.69, 9.17) is 4.74 Å². The van der Waals surface area contributed by atoms with Crippen LogP contribution in [0.2, 0.25) is 0 Å². The average molecular weight is 228 g/mol. The van der Waals surface area contributed by atoms with Crippen molar-refractivity contribution in [1.82, 2.24) is 9.80 Å². The molecule has 0 bridgehead atoms. The Morgan fingerprint density at radius 1 is 1.44 bits per heavy atom. The summed E-state index contributed by atoms with van der Waals surface area (Å²) in [6.07, 6.45) is 2.20. The number of hydrogen-bond donors (Lipinski definition) is 0. The van der Waals surface area contributed by atoms with Gasteiger partial charge >= 0.3 is 5.97 Å². The van der Waals surface area contributed by atoms with Crippen molar-refractivity contribution in [2.75, 3.05) is 47.9 Å². The highest BCUT2D eigenvalue weighted by Gasteiger charge is 2.31. The standard InChI is InChI=1S/C12H24N2O2/c1-13(2)9-11(12(15)16-4)10-5-7-14(3)8-6-10/h10-11H,5-9H2,1-4H3. The summed E-state index contributed by atoms with van der Waals surface area (Å²) >= 11 is 0. The maximum atomic E-state index is 11.8. The second-order valence-electron chi connectivity index (χ2n) is 5.03. The second-order valence-corrected chi connectivity index (χ2v) is 5.03. The number of ether oxygens (including phenoxy) is 1. The first-order chi connectivity index (χ1) is 7.54. The van der Waals surface area contributed by atoms with Crippen LogP contribution in [0.3, 0.4) is 0 Å². The lowest BCUT2D eigenvalue weighted by molar-refractivity contribution is -0.148. The molecule has 0 saturated carbocycles. The van der Waals surface area contributed by atoms with Gasteiger partial charge in [-0.3, -0.25) is 4.79 Å². The van der Waals surface area contributed by atoms with Crippen LogP contribution in [0.5, 0.6) is 0 Å². The summed E-state index contributed by atoms with van der Waals surface area (Å²) in [5.41, 5.74) is 0. The topological polar surface area (TPSA) is 32.8 Å². The highest BCUT2D eigenvalue weighted by Crippen LogP contribution is 2.25. The molecule has 1 atom stereocenters. The van der Waals surface area contributed by atoms with Crippen molar-refractivity contribution < 1.29 is 9.53 Å². The van der Waals surface area contributed by atoms with Gasteiger partial charge in [-0.25, -0.2) is 0 Å². The molecule has 0 radical (unpaired) electrons. The Labute approximate surface area is 98.5 Å². The molecule has 0 amide bonds. The van der Waals surface area contributed by atoms with Crippen LogP contribution in [0.4, 0.5) is 0 Å². The molecule has 1 aliphatic rings. The zero-order valence-electron chi connectivity index (χ0n) is 10.9. The van der Waals surface area contributed by atoms with E-state index in [1.807, 2.05) is 14.1 Å². The lowest BCUT2D eigenvalue weighted by Crippen LogP contribution is -2.40. The van der Waals surface area contributed by atoms with Gasteiger partial charge < -0.3 is 14.5 Å². The number of methoxy groups -OCH3 is 1. The van der Waals surface area contributed by atoms with Gasteiger partial charge in [0.05, 0.1) is 13.0 Å². The predicted molar refractivity (Wildman–Crippen MR) is 64.3 cm³/mol. The third kappa shape index (κ3) is 3.76. The van der Waals surface area contributed by atoms with Gasteiger partial charge in [0.15, 0.2) is 0 Å². The quantitative estimate of drug-likeness (QED) is 0.662. The smallest absolute Gasteiger partial charge is 0.310 e. The first-order valence-corrected chi connectivity index (χ1v) is 5.95. The minimum absolute atomic E-state index is 0.0358. The van der Waals surface area contributed by atoms with E-state index in [1.165, 1.54) is 7.11 Å². The predicted octanol–water partition coefficient (Wildman–Crippen LogP) is 0.679. The molecule has 1 fully saturated rings. The van der Waals surface area contributed by atoms with E-state index in [0.29, 0.717) is 5.92 Å². The molecule has 16 heavy (non-hydrogen) atoms. The summed E-state index contributed by atoms with van der Waals surface area (Å²) in [4.78, 5) is 16.2. The molecular formula is C12H24N2O2. The normalized spacial score (nSPS) is 21.1. The van der Waals surface area contributed by atoms with Gasteiger partial charge in [-0.2, -0.15) is 0 Å². The minimum atomic E-state index is -0.0525. The Hall–Kier alpha value is -0.610. The fourth-order valence-electron chi connectivity index (χ4n) is 2.39. The molecule has 94 valence electrons. The minimum Gasteiger partial charge on any atom is -0.469 e. The molecule has 0 N–H and O–H groups in total. The van der Waals surface area contributed by atoms with Crippen LogP contribution in [0.1, 0.15) is 12.8 Å². The summed E-state index contributed by atoms with van der Waals surface area (Å²) in [5.74, 6) is 0.461. The third-order valence-corrected chi connectivity index (χ3v) is 3.40. The molecule has 1 saturated heterocycles. The first-order valence-electron chi connectivity index (χ1n) is 5.95. The van der Waals surface area contributed by atoms with E-state index in [0.717, 1.165) is 32.5 Å². The van der Waals surface area contributed by atoms with Crippen LogP contribution >= 0.6 is 0 Å². The second kappa shape index (κ2) is 6.21. The van der Waals surface area contributed by atoms with Crippen molar-refractivity contribution in [3.63, 3.8) is 0 Å². The van der Waals surface area contributed by atoms with Crippen molar-refractivity contribution in [1.29, 1.82) is 0 Å². The molecule has 0 aromatic heterocycles. The average Bonchev–Trinajstić information content (AvgIpc) is 2.26. The van der Waals surface area contributed by atoms with E-state index < -0.39 is 0 Å². The number of rotatable bonds is 4. The summed E-state index contributed by atoms with van der Waals surface area (Å²) in [6.45, 7) is 2.97. The zero-order chi connectivity index (χ0) is 12.1. The number of nitrogens with zero attached hydrogens (tertiary/aromatic N) is 2. The van der Waals surface area contributed by atoms with Gasteiger partial charge in [-0.05, 0) is 53.0 Å². The maximum absolute atomic E-state index is 11.8. The van der Waals surface area contributed by atoms with Gasteiger partial charge in [0.1, 0.15) is 0 Å². The Balaban J connectivity index is 2.57. The van der Waals surface area contributed by atoms with Crippen LogP contribution < -0.4 is 0 Å². The third-order valence-electron chi connectivity index (χ3n) is 3.40. The number of likely N-dealkylation sites (tertiary alicyclic amines) is 1. The lowest BCUT2D eigenvalue weighted by atomic mass is 9.84.